The number of rotatable bonds is 5. The number of hydrogen-bond acceptors (Lipinski definition) is 1. The predicted octanol–water partition coefficient (Wildman–Crippen LogP) is 3.06. The summed E-state index contributed by atoms with van der Waals surface area (Å²) >= 11 is 0. The molecule has 1 aliphatic rings. The number of hydrogen-bond donors (Lipinski definition) is 1. The van der Waals surface area contributed by atoms with E-state index in [-0.39, 0.29) is 0 Å². The van der Waals surface area contributed by atoms with Crippen molar-refractivity contribution >= 4 is 0 Å². The van der Waals surface area contributed by atoms with Gasteiger partial charge in [-0.1, -0.05) is 33.6 Å². The minimum absolute atomic E-state index is 0.922. The molecule has 1 aliphatic heterocycles. The first-order valence-electron chi connectivity index (χ1n) is 5.98. The summed E-state index contributed by atoms with van der Waals surface area (Å²) in [5.74, 6) is 2.87. The highest BCUT2D eigenvalue weighted by Crippen LogP contribution is 2.28. The third-order valence-electron chi connectivity index (χ3n) is 3.69. The van der Waals surface area contributed by atoms with Crippen molar-refractivity contribution < 1.29 is 0 Å². The SMILES string of the molecule is CCC(C)CC(CC)C1CCNC1. The fourth-order valence-corrected chi connectivity index (χ4v) is 2.46. The van der Waals surface area contributed by atoms with Crippen molar-refractivity contribution in [2.75, 3.05) is 13.1 Å². The smallest absolute Gasteiger partial charge is 0.00174 e. The van der Waals surface area contributed by atoms with Crippen LogP contribution in [0.5, 0.6) is 0 Å². The first-order valence-corrected chi connectivity index (χ1v) is 5.98. The fourth-order valence-electron chi connectivity index (χ4n) is 2.46. The molecule has 1 N–H and O–H groups in total. The standard InChI is InChI=1S/C12H25N/c1-4-10(3)8-11(5-2)12-6-7-13-9-12/h10-13H,4-9H2,1-3H3. The van der Waals surface area contributed by atoms with E-state index in [9.17, 15) is 0 Å². The van der Waals surface area contributed by atoms with Gasteiger partial charge in [0.15, 0.2) is 0 Å². The molecule has 78 valence electrons. The van der Waals surface area contributed by atoms with Crippen molar-refractivity contribution in [3.63, 3.8) is 0 Å². The average molecular weight is 183 g/mol. The summed E-state index contributed by atoms with van der Waals surface area (Å²) in [6.45, 7) is 9.58. The Balaban J connectivity index is 2.32. The van der Waals surface area contributed by atoms with Gasteiger partial charge in [0.2, 0.25) is 0 Å². The Hall–Kier alpha value is -0.0400. The van der Waals surface area contributed by atoms with Gasteiger partial charge in [0, 0.05) is 0 Å². The van der Waals surface area contributed by atoms with Crippen molar-refractivity contribution in [2.45, 2.75) is 46.5 Å². The molecule has 0 amide bonds. The fraction of sp³-hybridized carbons (Fsp3) is 1.00. The molecule has 13 heavy (non-hydrogen) atoms. The average Bonchev–Trinajstić information content (AvgIpc) is 2.66. The van der Waals surface area contributed by atoms with Crippen LogP contribution in [0.4, 0.5) is 0 Å². The summed E-state index contributed by atoms with van der Waals surface area (Å²) in [6, 6.07) is 0. The molecule has 1 fully saturated rings. The van der Waals surface area contributed by atoms with Crippen LogP contribution in [0, 0.1) is 17.8 Å². The lowest BCUT2D eigenvalue weighted by Gasteiger charge is -2.24. The van der Waals surface area contributed by atoms with Crippen LogP contribution in [0.15, 0.2) is 0 Å². The lowest BCUT2D eigenvalue weighted by molar-refractivity contribution is 0.278. The van der Waals surface area contributed by atoms with Gasteiger partial charge in [-0.05, 0) is 43.7 Å². The highest BCUT2D eigenvalue weighted by molar-refractivity contribution is 4.78. The second-order valence-corrected chi connectivity index (χ2v) is 4.67. The molecule has 0 aromatic rings. The first kappa shape index (κ1) is 11.0. The van der Waals surface area contributed by atoms with E-state index < -0.39 is 0 Å². The van der Waals surface area contributed by atoms with Gasteiger partial charge in [0.05, 0.1) is 0 Å². The van der Waals surface area contributed by atoms with Gasteiger partial charge in [-0.3, -0.25) is 0 Å². The molecule has 1 heterocycles. The third kappa shape index (κ3) is 3.30. The summed E-state index contributed by atoms with van der Waals surface area (Å²) in [6.07, 6.45) is 5.57. The molecular formula is C12H25N. The molecular weight excluding hydrogens is 158 g/mol. The molecule has 0 aliphatic carbocycles. The molecule has 0 bridgehead atoms. The molecule has 0 radical (unpaired) electrons. The van der Waals surface area contributed by atoms with Crippen LogP contribution in [0.2, 0.25) is 0 Å². The zero-order chi connectivity index (χ0) is 9.68. The largest absolute Gasteiger partial charge is 0.316 e. The molecule has 0 saturated carbocycles. The van der Waals surface area contributed by atoms with Gasteiger partial charge < -0.3 is 5.32 Å². The van der Waals surface area contributed by atoms with Crippen LogP contribution in [0.3, 0.4) is 0 Å². The Bertz CT molecular complexity index is 127. The van der Waals surface area contributed by atoms with E-state index in [2.05, 4.69) is 26.1 Å². The maximum Gasteiger partial charge on any atom is -0.00174 e. The van der Waals surface area contributed by atoms with Crippen molar-refractivity contribution in [1.82, 2.24) is 5.32 Å². The summed E-state index contributed by atoms with van der Waals surface area (Å²) in [7, 11) is 0. The summed E-state index contributed by atoms with van der Waals surface area (Å²) in [5.41, 5.74) is 0. The van der Waals surface area contributed by atoms with Crippen LogP contribution in [0.1, 0.15) is 46.5 Å². The minimum atomic E-state index is 0.922. The lowest BCUT2D eigenvalue weighted by Crippen LogP contribution is -2.19. The monoisotopic (exact) mass is 183 g/mol. The Morgan fingerprint density at radius 3 is 2.54 bits per heavy atom. The summed E-state index contributed by atoms with van der Waals surface area (Å²) < 4.78 is 0. The summed E-state index contributed by atoms with van der Waals surface area (Å²) in [5, 5.41) is 3.48. The van der Waals surface area contributed by atoms with E-state index in [0.29, 0.717) is 0 Å². The Kier molecular flexibility index (Phi) is 4.79. The van der Waals surface area contributed by atoms with Crippen LogP contribution in [-0.4, -0.2) is 13.1 Å². The molecule has 1 saturated heterocycles. The lowest BCUT2D eigenvalue weighted by atomic mass is 9.82. The maximum absolute atomic E-state index is 3.48. The first-order chi connectivity index (χ1) is 6.27. The Morgan fingerprint density at radius 2 is 2.08 bits per heavy atom. The summed E-state index contributed by atoms with van der Waals surface area (Å²) in [4.78, 5) is 0. The van der Waals surface area contributed by atoms with E-state index in [1.807, 2.05) is 0 Å². The van der Waals surface area contributed by atoms with E-state index in [1.54, 1.807) is 0 Å². The van der Waals surface area contributed by atoms with Crippen molar-refractivity contribution in [1.29, 1.82) is 0 Å². The van der Waals surface area contributed by atoms with E-state index in [1.165, 1.54) is 38.8 Å². The zero-order valence-electron chi connectivity index (χ0n) is 9.47. The molecule has 3 atom stereocenters. The van der Waals surface area contributed by atoms with E-state index in [4.69, 9.17) is 0 Å². The van der Waals surface area contributed by atoms with Gasteiger partial charge in [-0.15, -0.1) is 0 Å². The highest BCUT2D eigenvalue weighted by atomic mass is 14.9. The van der Waals surface area contributed by atoms with Gasteiger partial charge >= 0.3 is 0 Å². The van der Waals surface area contributed by atoms with E-state index in [0.717, 1.165) is 17.8 Å². The second kappa shape index (κ2) is 5.64. The molecule has 1 rings (SSSR count). The van der Waals surface area contributed by atoms with Crippen molar-refractivity contribution in [2.24, 2.45) is 17.8 Å². The van der Waals surface area contributed by atoms with Crippen molar-refractivity contribution in [3.05, 3.63) is 0 Å². The number of nitrogens with one attached hydrogen (secondary N) is 1. The van der Waals surface area contributed by atoms with Crippen molar-refractivity contribution in [3.8, 4) is 0 Å². The van der Waals surface area contributed by atoms with Crippen LogP contribution >= 0.6 is 0 Å². The Morgan fingerprint density at radius 1 is 1.31 bits per heavy atom. The minimum Gasteiger partial charge on any atom is -0.316 e. The topological polar surface area (TPSA) is 12.0 Å². The second-order valence-electron chi connectivity index (χ2n) is 4.67. The molecule has 1 heteroatoms. The van der Waals surface area contributed by atoms with Gasteiger partial charge in [0.25, 0.3) is 0 Å². The normalized spacial score (nSPS) is 27.5. The molecule has 3 unspecified atom stereocenters. The molecule has 0 spiro atoms. The van der Waals surface area contributed by atoms with Crippen LogP contribution in [-0.2, 0) is 0 Å². The predicted molar refractivity (Wildman–Crippen MR) is 58.8 cm³/mol. The third-order valence-corrected chi connectivity index (χ3v) is 3.69. The Labute approximate surface area is 83.3 Å². The quantitative estimate of drug-likeness (QED) is 0.691. The van der Waals surface area contributed by atoms with Gasteiger partial charge in [0.1, 0.15) is 0 Å². The molecule has 0 aromatic heterocycles. The van der Waals surface area contributed by atoms with Gasteiger partial charge in [-0.2, -0.15) is 0 Å². The molecule has 1 nitrogen and oxygen atoms in total. The highest BCUT2D eigenvalue weighted by Gasteiger charge is 2.24. The maximum atomic E-state index is 3.48. The zero-order valence-corrected chi connectivity index (χ0v) is 9.47. The van der Waals surface area contributed by atoms with Crippen LogP contribution < -0.4 is 5.32 Å². The van der Waals surface area contributed by atoms with Gasteiger partial charge in [-0.25, -0.2) is 0 Å². The van der Waals surface area contributed by atoms with Crippen LogP contribution in [0.25, 0.3) is 0 Å². The van der Waals surface area contributed by atoms with E-state index >= 15 is 0 Å². The molecule has 0 aromatic carbocycles.